The lowest BCUT2D eigenvalue weighted by Crippen LogP contribution is -2.33. The van der Waals surface area contributed by atoms with Crippen molar-refractivity contribution in [2.75, 3.05) is 0 Å². The zero-order chi connectivity index (χ0) is 13.9. The summed E-state index contributed by atoms with van der Waals surface area (Å²) in [5.41, 5.74) is 7.61. The molecule has 4 rings (SSSR count). The van der Waals surface area contributed by atoms with E-state index < -0.39 is 0 Å². The molecule has 0 heterocycles. The van der Waals surface area contributed by atoms with Crippen molar-refractivity contribution in [1.82, 2.24) is 0 Å². The molecule has 0 radical (unpaired) electrons. The molecule has 0 aromatic carbocycles. The van der Waals surface area contributed by atoms with E-state index >= 15 is 0 Å². The van der Waals surface area contributed by atoms with E-state index in [-0.39, 0.29) is 5.41 Å². The molecule has 4 aliphatic rings. The van der Waals surface area contributed by atoms with Gasteiger partial charge >= 0.3 is 0 Å². The zero-order valence-corrected chi connectivity index (χ0v) is 12.4. The molecule has 0 saturated heterocycles. The Morgan fingerprint density at radius 2 is 1.40 bits per heavy atom. The van der Waals surface area contributed by atoms with Gasteiger partial charge in [-0.3, -0.25) is 0 Å². The minimum absolute atomic E-state index is 0.191. The van der Waals surface area contributed by atoms with Gasteiger partial charge in [-0.25, -0.2) is 0 Å². The predicted molar refractivity (Wildman–Crippen MR) is 85.1 cm³/mol. The molecular formula is C20H20. The van der Waals surface area contributed by atoms with Crippen molar-refractivity contribution >= 4 is 0 Å². The van der Waals surface area contributed by atoms with Gasteiger partial charge < -0.3 is 0 Å². The molecule has 20 heavy (non-hydrogen) atoms. The molecule has 0 bridgehead atoms. The van der Waals surface area contributed by atoms with E-state index in [2.05, 4.69) is 75.5 Å². The van der Waals surface area contributed by atoms with Gasteiger partial charge in [0.2, 0.25) is 0 Å². The largest absolute Gasteiger partial charge is 0.0617 e. The number of hydrogen-bond donors (Lipinski definition) is 0. The summed E-state index contributed by atoms with van der Waals surface area (Å²) in [5.74, 6) is 1.05. The second-order valence-corrected chi connectivity index (χ2v) is 7.10. The van der Waals surface area contributed by atoms with Gasteiger partial charge in [0, 0.05) is 11.8 Å². The van der Waals surface area contributed by atoms with Crippen LogP contribution < -0.4 is 0 Å². The molecule has 0 aromatic rings. The smallest absolute Gasteiger partial charge is 0.0202 e. The van der Waals surface area contributed by atoms with Crippen LogP contribution in [-0.2, 0) is 0 Å². The molecule has 0 N–H and O–H groups in total. The van der Waals surface area contributed by atoms with Crippen molar-refractivity contribution in [2.24, 2.45) is 17.3 Å². The van der Waals surface area contributed by atoms with Gasteiger partial charge in [0.1, 0.15) is 0 Å². The Labute approximate surface area is 121 Å². The van der Waals surface area contributed by atoms with Crippen LogP contribution in [0.4, 0.5) is 0 Å². The summed E-state index contributed by atoms with van der Waals surface area (Å²) in [6, 6.07) is 0. The van der Waals surface area contributed by atoms with Crippen molar-refractivity contribution in [2.45, 2.75) is 20.8 Å². The molecule has 0 aliphatic heterocycles. The highest BCUT2D eigenvalue weighted by Gasteiger charge is 2.41. The van der Waals surface area contributed by atoms with E-state index in [1.165, 1.54) is 27.9 Å². The second-order valence-electron chi connectivity index (χ2n) is 7.10. The first-order valence-electron chi connectivity index (χ1n) is 7.46. The average molecular weight is 260 g/mol. The van der Waals surface area contributed by atoms with Crippen molar-refractivity contribution in [3.63, 3.8) is 0 Å². The lowest BCUT2D eigenvalue weighted by molar-refractivity contribution is 0.462. The summed E-state index contributed by atoms with van der Waals surface area (Å²) < 4.78 is 0. The molecule has 0 heteroatoms. The van der Waals surface area contributed by atoms with E-state index in [4.69, 9.17) is 0 Å². The highest BCUT2D eigenvalue weighted by molar-refractivity contribution is 5.63. The Kier molecular flexibility index (Phi) is 2.30. The minimum atomic E-state index is 0.191. The standard InChI is InChI=1S/C20H20/c1-20(2,3)17-12-15-8-4-6-13-10-11-14-7-5-9-16(17)19(14)18(13)15/h4-12,18-19H,1-3H3. The Morgan fingerprint density at radius 1 is 0.750 bits per heavy atom. The molecule has 100 valence electrons. The van der Waals surface area contributed by atoms with E-state index in [1.54, 1.807) is 0 Å². The highest BCUT2D eigenvalue weighted by atomic mass is 14.4. The maximum absolute atomic E-state index is 2.44. The second kappa shape index (κ2) is 3.85. The van der Waals surface area contributed by atoms with Gasteiger partial charge in [-0.1, -0.05) is 75.5 Å². The third-order valence-electron chi connectivity index (χ3n) is 4.79. The third-order valence-corrected chi connectivity index (χ3v) is 4.79. The van der Waals surface area contributed by atoms with Crippen LogP contribution in [0, 0.1) is 17.3 Å². The molecule has 0 fully saturated rings. The van der Waals surface area contributed by atoms with Gasteiger partial charge in [0.05, 0.1) is 0 Å². The summed E-state index contributed by atoms with van der Waals surface area (Å²) in [4.78, 5) is 0. The van der Waals surface area contributed by atoms with Gasteiger partial charge in [-0.05, 0) is 33.3 Å². The fourth-order valence-electron chi connectivity index (χ4n) is 3.88. The zero-order valence-electron chi connectivity index (χ0n) is 12.4. The van der Waals surface area contributed by atoms with Crippen LogP contribution in [0.25, 0.3) is 0 Å². The lowest BCUT2D eigenvalue weighted by Gasteiger charge is -2.44. The topological polar surface area (TPSA) is 0 Å². The van der Waals surface area contributed by atoms with Crippen LogP contribution in [0.3, 0.4) is 0 Å². The number of hydrogen-bond acceptors (Lipinski definition) is 0. The van der Waals surface area contributed by atoms with Crippen LogP contribution in [0.2, 0.25) is 0 Å². The summed E-state index contributed by atoms with van der Waals surface area (Å²) in [5, 5.41) is 0. The van der Waals surface area contributed by atoms with Gasteiger partial charge in [0.25, 0.3) is 0 Å². The Bertz CT molecular complexity index is 691. The highest BCUT2D eigenvalue weighted by Crippen LogP contribution is 2.53. The van der Waals surface area contributed by atoms with Crippen molar-refractivity contribution in [3.05, 3.63) is 82.5 Å². The normalized spacial score (nSPS) is 29.9. The molecule has 0 nitrogen and oxygen atoms in total. The SMILES string of the molecule is CC(C)(C)C1=CC2=CC=CC3=CC=C4C=CC=C1C4C32. The maximum atomic E-state index is 2.44. The quantitative estimate of drug-likeness (QED) is 0.571. The summed E-state index contributed by atoms with van der Waals surface area (Å²) >= 11 is 0. The fourth-order valence-corrected chi connectivity index (χ4v) is 3.88. The molecular weight excluding hydrogens is 240 g/mol. The fraction of sp³-hybridized carbons (Fsp3) is 0.300. The number of allylic oxidation sites excluding steroid dienone is 14. The molecule has 0 aromatic heterocycles. The van der Waals surface area contributed by atoms with Crippen molar-refractivity contribution in [3.8, 4) is 0 Å². The van der Waals surface area contributed by atoms with Crippen LogP contribution in [-0.4, -0.2) is 0 Å². The molecule has 0 amide bonds. The first-order valence-corrected chi connectivity index (χ1v) is 7.46. The molecule has 4 aliphatic carbocycles. The molecule has 2 unspecified atom stereocenters. The predicted octanol–water partition coefficient (Wildman–Crippen LogP) is 5.06. The Hall–Kier alpha value is -1.82. The van der Waals surface area contributed by atoms with Crippen LogP contribution in [0.5, 0.6) is 0 Å². The van der Waals surface area contributed by atoms with Gasteiger partial charge in [-0.15, -0.1) is 0 Å². The van der Waals surface area contributed by atoms with E-state index in [9.17, 15) is 0 Å². The monoisotopic (exact) mass is 260 g/mol. The van der Waals surface area contributed by atoms with Gasteiger partial charge in [0.15, 0.2) is 0 Å². The lowest BCUT2D eigenvalue weighted by atomic mass is 9.59. The van der Waals surface area contributed by atoms with Crippen molar-refractivity contribution < 1.29 is 0 Å². The Morgan fingerprint density at radius 3 is 2.10 bits per heavy atom. The first-order chi connectivity index (χ1) is 9.55. The molecule has 0 saturated carbocycles. The van der Waals surface area contributed by atoms with Gasteiger partial charge in [-0.2, -0.15) is 0 Å². The summed E-state index contributed by atoms with van der Waals surface area (Å²) in [7, 11) is 0. The van der Waals surface area contributed by atoms with Crippen LogP contribution in [0.1, 0.15) is 20.8 Å². The molecule has 0 spiro atoms. The minimum Gasteiger partial charge on any atom is -0.0617 e. The van der Waals surface area contributed by atoms with Crippen molar-refractivity contribution in [1.29, 1.82) is 0 Å². The average Bonchev–Trinajstić information content (AvgIpc) is 2.43. The molecule has 2 atom stereocenters. The van der Waals surface area contributed by atoms with E-state index in [1.807, 2.05) is 0 Å². The van der Waals surface area contributed by atoms with E-state index in [0.717, 1.165) is 0 Å². The third kappa shape index (κ3) is 1.54. The van der Waals surface area contributed by atoms with Crippen LogP contribution >= 0.6 is 0 Å². The summed E-state index contributed by atoms with van der Waals surface area (Å²) in [6.45, 7) is 6.96. The Balaban J connectivity index is 2.00. The van der Waals surface area contributed by atoms with Crippen LogP contribution in [0.15, 0.2) is 82.5 Å². The number of rotatable bonds is 0. The van der Waals surface area contributed by atoms with E-state index in [0.29, 0.717) is 11.8 Å². The summed E-state index contributed by atoms with van der Waals surface area (Å²) in [6.07, 6.45) is 20.6. The maximum Gasteiger partial charge on any atom is 0.0202 e. The first kappa shape index (κ1) is 12.0.